The van der Waals surface area contributed by atoms with E-state index in [4.69, 9.17) is 5.73 Å². The number of carbonyl (C=O) groups is 1. The van der Waals surface area contributed by atoms with Crippen LogP contribution < -0.4 is 11.1 Å². The van der Waals surface area contributed by atoms with Gasteiger partial charge >= 0.3 is 0 Å². The minimum absolute atomic E-state index is 0.0299. The molecule has 34 heavy (non-hydrogen) atoms. The first kappa shape index (κ1) is 25.3. The van der Waals surface area contributed by atoms with Crippen molar-refractivity contribution < 1.29 is 14.1 Å². The highest BCUT2D eigenvalue weighted by Gasteiger charge is 2.21. The van der Waals surface area contributed by atoms with E-state index in [1.807, 2.05) is 6.92 Å². The van der Waals surface area contributed by atoms with Crippen molar-refractivity contribution in [3.63, 3.8) is 0 Å². The second-order valence-corrected chi connectivity index (χ2v) is 8.70. The van der Waals surface area contributed by atoms with Crippen molar-refractivity contribution >= 4 is 23.4 Å². The summed E-state index contributed by atoms with van der Waals surface area (Å²) in [5.74, 6) is 0.625. The number of nitrogens with zero attached hydrogens (tertiary/aromatic N) is 4. The molecule has 3 N–H and O–H groups in total. The third-order valence-corrected chi connectivity index (χ3v) is 6.13. The molecule has 0 fully saturated rings. The Morgan fingerprint density at radius 1 is 1.15 bits per heavy atom. The number of hydrogen-bond donors (Lipinski definition) is 2. The molecule has 2 aromatic carbocycles. The van der Waals surface area contributed by atoms with Gasteiger partial charge in [-0.05, 0) is 56.1 Å². The predicted octanol–water partition coefficient (Wildman–Crippen LogP) is 4.30. The van der Waals surface area contributed by atoms with Crippen molar-refractivity contribution in [2.75, 3.05) is 6.54 Å². The zero-order valence-corrected chi connectivity index (χ0v) is 19.6. The van der Waals surface area contributed by atoms with Crippen molar-refractivity contribution in [2.45, 2.75) is 49.6 Å². The Balaban J connectivity index is 1.82. The Kier molecular flexibility index (Phi) is 9.11. The van der Waals surface area contributed by atoms with Gasteiger partial charge in [0.1, 0.15) is 5.82 Å². The first-order valence-electron chi connectivity index (χ1n) is 11.0. The van der Waals surface area contributed by atoms with E-state index in [1.54, 1.807) is 28.8 Å². The number of thioether (sulfide) groups is 1. The van der Waals surface area contributed by atoms with Crippen LogP contribution in [0.2, 0.25) is 0 Å². The van der Waals surface area contributed by atoms with E-state index >= 15 is 0 Å². The average molecular weight is 487 g/mol. The van der Waals surface area contributed by atoms with Crippen LogP contribution in [0, 0.1) is 15.9 Å². The molecule has 0 saturated carbocycles. The lowest BCUT2D eigenvalue weighted by atomic mass is 10.2. The maximum absolute atomic E-state index is 13.2. The fraction of sp³-hybridized carbons (Fsp3) is 0.348. The summed E-state index contributed by atoms with van der Waals surface area (Å²) in [6, 6.07) is 11.8. The molecule has 1 heterocycles. The van der Waals surface area contributed by atoms with Gasteiger partial charge in [0.05, 0.1) is 11.0 Å². The number of halogens is 1. The molecule has 180 valence electrons. The number of nitro groups is 1. The van der Waals surface area contributed by atoms with Crippen LogP contribution in [0.5, 0.6) is 0 Å². The molecule has 9 nitrogen and oxygen atoms in total. The van der Waals surface area contributed by atoms with Gasteiger partial charge in [-0.2, -0.15) is 0 Å². The maximum Gasteiger partial charge on any atom is 0.269 e. The smallest absolute Gasteiger partial charge is 0.269 e. The van der Waals surface area contributed by atoms with Crippen molar-refractivity contribution in [1.82, 2.24) is 20.1 Å². The normalized spacial score (nSPS) is 11.9. The van der Waals surface area contributed by atoms with Crippen LogP contribution >= 0.6 is 11.8 Å². The Labute approximate surface area is 201 Å². The molecule has 0 bridgehead atoms. The summed E-state index contributed by atoms with van der Waals surface area (Å²) >= 11 is 1.40. The largest absolute Gasteiger partial charge is 0.346 e. The molecule has 0 aliphatic carbocycles. The SMILES string of the molecule is CC(NC(=O)CCCCCN)c1nnc(SCc2ccc(F)cc2)n1-c1ccc([N+](=O)[O-])cc1. The monoisotopic (exact) mass is 486 g/mol. The fourth-order valence-electron chi connectivity index (χ4n) is 3.33. The summed E-state index contributed by atoms with van der Waals surface area (Å²) < 4.78 is 15.0. The number of hydrogen-bond acceptors (Lipinski definition) is 7. The Hall–Kier alpha value is -3.31. The number of carbonyl (C=O) groups excluding carboxylic acids is 1. The average Bonchev–Trinajstić information content (AvgIpc) is 3.25. The second-order valence-electron chi connectivity index (χ2n) is 7.75. The topological polar surface area (TPSA) is 129 Å². The van der Waals surface area contributed by atoms with E-state index in [0.717, 1.165) is 24.8 Å². The maximum atomic E-state index is 13.2. The summed E-state index contributed by atoms with van der Waals surface area (Å²) in [7, 11) is 0. The van der Waals surface area contributed by atoms with Crippen LogP contribution in [0.1, 0.15) is 50.0 Å². The molecule has 0 aliphatic heterocycles. The third-order valence-electron chi connectivity index (χ3n) is 5.13. The molecule has 1 aromatic heterocycles. The standard InChI is InChI=1S/C23H27FN6O3S/c1-16(26-21(31)5-3-2-4-14-25)22-27-28-23(34-15-17-6-8-18(24)9-7-17)29(22)19-10-12-20(13-11-19)30(32)33/h6-13,16H,2-5,14-15,25H2,1H3,(H,26,31). The second kappa shape index (κ2) is 12.2. The predicted molar refractivity (Wildman–Crippen MR) is 128 cm³/mol. The number of nitro benzene ring substituents is 1. The minimum atomic E-state index is -0.464. The van der Waals surface area contributed by atoms with Crippen LogP contribution in [-0.4, -0.2) is 32.1 Å². The van der Waals surface area contributed by atoms with Crippen LogP contribution in [0.15, 0.2) is 53.7 Å². The molecular weight excluding hydrogens is 459 g/mol. The molecule has 1 unspecified atom stereocenters. The van der Waals surface area contributed by atoms with Gasteiger partial charge in [-0.15, -0.1) is 10.2 Å². The van der Waals surface area contributed by atoms with Gasteiger partial charge in [-0.3, -0.25) is 19.5 Å². The molecule has 1 atom stereocenters. The van der Waals surface area contributed by atoms with Crippen molar-refractivity contribution in [3.8, 4) is 5.69 Å². The number of nitrogens with one attached hydrogen (secondary N) is 1. The van der Waals surface area contributed by atoms with Gasteiger partial charge in [0.2, 0.25) is 5.91 Å². The number of non-ortho nitro benzene ring substituents is 1. The number of nitrogens with two attached hydrogens (primary N) is 1. The van der Waals surface area contributed by atoms with Gasteiger partial charge in [0, 0.05) is 30.0 Å². The molecule has 0 saturated heterocycles. The Morgan fingerprint density at radius 2 is 1.85 bits per heavy atom. The third kappa shape index (κ3) is 6.84. The first-order chi connectivity index (χ1) is 16.4. The van der Waals surface area contributed by atoms with Crippen LogP contribution in [0.3, 0.4) is 0 Å². The number of benzene rings is 2. The highest BCUT2D eigenvalue weighted by molar-refractivity contribution is 7.98. The number of unbranched alkanes of at least 4 members (excludes halogenated alkanes) is 2. The van der Waals surface area contributed by atoms with Crippen molar-refractivity contribution in [3.05, 3.63) is 75.9 Å². The summed E-state index contributed by atoms with van der Waals surface area (Å²) in [4.78, 5) is 23.0. The lowest BCUT2D eigenvalue weighted by molar-refractivity contribution is -0.384. The molecule has 0 spiro atoms. The van der Waals surface area contributed by atoms with Gasteiger partial charge in [-0.1, -0.05) is 30.3 Å². The highest BCUT2D eigenvalue weighted by Crippen LogP contribution is 2.28. The van der Waals surface area contributed by atoms with Crippen molar-refractivity contribution in [1.29, 1.82) is 0 Å². The molecule has 3 rings (SSSR count). The lowest BCUT2D eigenvalue weighted by Crippen LogP contribution is -2.28. The molecule has 1 amide bonds. The van der Waals surface area contributed by atoms with Gasteiger partial charge in [0.15, 0.2) is 11.0 Å². The number of amides is 1. The lowest BCUT2D eigenvalue weighted by Gasteiger charge is -2.16. The minimum Gasteiger partial charge on any atom is -0.346 e. The van der Waals surface area contributed by atoms with Gasteiger partial charge in [-0.25, -0.2) is 4.39 Å². The number of aromatic nitrogens is 3. The molecular formula is C23H27FN6O3S. The summed E-state index contributed by atoms with van der Waals surface area (Å²) in [5, 5.41) is 23.2. The van der Waals surface area contributed by atoms with E-state index in [2.05, 4.69) is 15.5 Å². The Morgan fingerprint density at radius 3 is 2.50 bits per heavy atom. The molecule has 3 aromatic rings. The van der Waals surface area contributed by atoms with Crippen LogP contribution in [0.4, 0.5) is 10.1 Å². The number of rotatable bonds is 12. The summed E-state index contributed by atoms with van der Waals surface area (Å²) in [5.41, 5.74) is 7.01. The van der Waals surface area contributed by atoms with E-state index in [1.165, 1.54) is 36.0 Å². The van der Waals surface area contributed by atoms with Crippen LogP contribution in [0.25, 0.3) is 5.69 Å². The van der Waals surface area contributed by atoms with Gasteiger partial charge in [0.25, 0.3) is 5.69 Å². The van der Waals surface area contributed by atoms with E-state index < -0.39 is 11.0 Å². The van der Waals surface area contributed by atoms with E-state index in [0.29, 0.717) is 35.4 Å². The van der Waals surface area contributed by atoms with Gasteiger partial charge < -0.3 is 11.1 Å². The fourth-order valence-corrected chi connectivity index (χ4v) is 4.25. The Bertz CT molecular complexity index is 1100. The van der Waals surface area contributed by atoms with Crippen LogP contribution in [-0.2, 0) is 10.5 Å². The first-order valence-corrected chi connectivity index (χ1v) is 11.9. The van der Waals surface area contributed by atoms with E-state index in [-0.39, 0.29) is 17.4 Å². The molecule has 11 heteroatoms. The summed E-state index contributed by atoms with van der Waals surface area (Å²) in [6.45, 7) is 2.42. The molecule has 0 aliphatic rings. The zero-order chi connectivity index (χ0) is 24.5. The van der Waals surface area contributed by atoms with E-state index in [9.17, 15) is 19.3 Å². The quantitative estimate of drug-likeness (QED) is 0.169. The van der Waals surface area contributed by atoms with Crippen molar-refractivity contribution in [2.24, 2.45) is 5.73 Å². The molecule has 0 radical (unpaired) electrons. The highest BCUT2D eigenvalue weighted by atomic mass is 32.2. The zero-order valence-electron chi connectivity index (χ0n) is 18.8. The summed E-state index contributed by atoms with van der Waals surface area (Å²) in [6.07, 6.45) is 2.92.